The third-order valence-electron chi connectivity index (χ3n) is 4.18. The van der Waals surface area contributed by atoms with Crippen molar-refractivity contribution in [3.63, 3.8) is 0 Å². The molecule has 0 radical (unpaired) electrons. The van der Waals surface area contributed by atoms with Gasteiger partial charge in [0.2, 0.25) is 0 Å². The Kier molecular flexibility index (Phi) is 6.41. The molecular weight excluding hydrogens is 402 g/mol. The van der Waals surface area contributed by atoms with Gasteiger partial charge in [-0.1, -0.05) is 41.6 Å². The first-order chi connectivity index (χ1) is 14.3. The van der Waals surface area contributed by atoms with E-state index < -0.39 is 11.6 Å². The topological polar surface area (TPSA) is 101 Å². The number of nitrogens with zero attached hydrogens (tertiary/aromatic N) is 5. The second kappa shape index (κ2) is 9.00. The molecule has 2 aromatic heterocycles. The maximum absolute atomic E-state index is 11.7. The number of carbonyl (C=O) groups is 1. The molecule has 0 aliphatic rings. The van der Waals surface area contributed by atoms with Crippen LogP contribution < -0.4 is 4.90 Å². The minimum Gasteiger partial charge on any atom is -0.465 e. The fourth-order valence-corrected chi connectivity index (χ4v) is 3.39. The molecule has 2 heterocycles. The largest absolute Gasteiger partial charge is 0.465 e. The van der Waals surface area contributed by atoms with Crippen molar-refractivity contribution < 1.29 is 14.7 Å². The third-order valence-corrected chi connectivity index (χ3v) is 4.80. The summed E-state index contributed by atoms with van der Waals surface area (Å²) in [6, 6.07) is 14.8. The van der Waals surface area contributed by atoms with Crippen LogP contribution in [0, 0.1) is 6.92 Å². The van der Waals surface area contributed by atoms with Gasteiger partial charge in [-0.25, -0.2) is 9.78 Å². The molecule has 0 unspecified atom stereocenters. The van der Waals surface area contributed by atoms with Gasteiger partial charge in [-0.05, 0) is 39.8 Å². The van der Waals surface area contributed by atoms with Crippen LogP contribution in [0.15, 0.2) is 53.7 Å². The monoisotopic (exact) mass is 425 g/mol. The van der Waals surface area contributed by atoms with Gasteiger partial charge in [0.1, 0.15) is 17.2 Å². The van der Waals surface area contributed by atoms with E-state index in [0.29, 0.717) is 22.9 Å². The lowest BCUT2D eigenvalue weighted by atomic mass is 10.1. The number of carboxylic acid groups (broad SMARTS) is 1. The van der Waals surface area contributed by atoms with Gasteiger partial charge in [0.05, 0.1) is 23.1 Å². The predicted octanol–water partition coefficient (Wildman–Crippen LogP) is 4.49. The highest BCUT2D eigenvalue weighted by molar-refractivity contribution is 6.99. The van der Waals surface area contributed by atoms with Crippen LogP contribution in [-0.4, -0.2) is 36.2 Å². The Hall–Kier alpha value is -3.33. The van der Waals surface area contributed by atoms with E-state index in [1.807, 2.05) is 58.0 Å². The highest BCUT2D eigenvalue weighted by Crippen LogP contribution is 2.22. The molecule has 0 saturated carbocycles. The summed E-state index contributed by atoms with van der Waals surface area (Å²) in [5, 5.41) is 13.9. The van der Waals surface area contributed by atoms with Crippen molar-refractivity contribution in [1.29, 1.82) is 0 Å². The van der Waals surface area contributed by atoms with Gasteiger partial charge >= 0.3 is 6.09 Å². The first-order valence-electron chi connectivity index (χ1n) is 9.31. The van der Waals surface area contributed by atoms with E-state index in [-0.39, 0.29) is 6.61 Å². The van der Waals surface area contributed by atoms with Crippen LogP contribution in [0.4, 0.5) is 10.6 Å². The summed E-state index contributed by atoms with van der Waals surface area (Å²) in [5.74, 6) is 0.336. The Morgan fingerprint density at radius 3 is 2.47 bits per heavy atom. The molecule has 1 aromatic carbocycles. The number of rotatable bonds is 6. The second-order valence-corrected chi connectivity index (χ2v) is 8.08. The van der Waals surface area contributed by atoms with Crippen molar-refractivity contribution in [2.24, 2.45) is 5.16 Å². The van der Waals surface area contributed by atoms with Crippen LogP contribution in [0.5, 0.6) is 0 Å². The summed E-state index contributed by atoms with van der Waals surface area (Å²) in [4.78, 5) is 23.0. The van der Waals surface area contributed by atoms with Gasteiger partial charge in [0, 0.05) is 11.1 Å². The van der Waals surface area contributed by atoms with E-state index in [4.69, 9.17) is 4.84 Å². The van der Waals surface area contributed by atoms with Crippen molar-refractivity contribution in [1.82, 2.24) is 13.7 Å². The Morgan fingerprint density at radius 2 is 1.87 bits per heavy atom. The molecule has 0 saturated heterocycles. The number of hydrogen-bond donors (Lipinski definition) is 1. The molecule has 0 bridgehead atoms. The number of oxime groups is 1. The molecule has 0 aliphatic heterocycles. The van der Waals surface area contributed by atoms with Gasteiger partial charge in [0.15, 0.2) is 6.61 Å². The van der Waals surface area contributed by atoms with Crippen molar-refractivity contribution in [2.45, 2.75) is 39.8 Å². The molecule has 9 heteroatoms. The van der Waals surface area contributed by atoms with E-state index >= 15 is 0 Å². The smallest absolute Gasteiger partial charge is 0.413 e. The second-order valence-electron chi connectivity index (χ2n) is 7.55. The van der Waals surface area contributed by atoms with Crippen molar-refractivity contribution in [2.75, 3.05) is 4.90 Å². The predicted molar refractivity (Wildman–Crippen MR) is 116 cm³/mol. The molecule has 1 N–H and O–H groups in total. The number of benzene rings is 1. The summed E-state index contributed by atoms with van der Waals surface area (Å²) in [6.45, 7) is 7.39. The van der Waals surface area contributed by atoms with Gasteiger partial charge in [0.25, 0.3) is 0 Å². The van der Waals surface area contributed by atoms with Crippen LogP contribution in [-0.2, 0) is 11.4 Å². The molecule has 8 nitrogen and oxygen atoms in total. The standard InChI is InChI=1S/C21H23N5O3S/c1-14-18(25-30-24-14)19(15-9-6-5-7-10-15)23-29-13-16-11-8-12-17(22-16)26(20(27)28)21(2,3)4/h5-12H,13H2,1-4H3,(H,27,28)/b23-19-. The summed E-state index contributed by atoms with van der Waals surface area (Å²) in [6.07, 6.45) is -1.07. The minimum atomic E-state index is -1.07. The van der Waals surface area contributed by atoms with E-state index in [1.165, 1.54) is 4.90 Å². The normalized spacial score (nSPS) is 11.9. The zero-order chi connectivity index (χ0) is 21.7. The number of pyridine rings is 1. The fraction of sp³-hybridized carbons (Fsp3) is 0.286. The lowest BCUT2D eigenvalue weighted by molar-refractivity contribution is 0.128. The van der Waals surface area contributed by atoms with Crippen molar-refractivity contribution >= 4 is 29.4 Å². The Bertz CT molecular complexity index is 1040. The average Bonchev–Trinajstić information content (AvgIpc) is 3.10. The lowest BCUT2D eigenvalue weighted by Crippen LogP contribution is -2.45. The average molecular weight is 426 g/mol. The summed E-state index contributed by atoms with van der Waals surface area (Å²) >= 11 is 1.12. The molecule has 156 valence electrons. The highest BCUT2D eigenvalue weighted by atomic mass is 32.1. The number of aryl methyl sites for hydroxylation is 1. The zero-order valence-electron chi connectivity index (χ0n) is 17.2. The summed E-state index contributed by atoms with van der Waals surface area (Å²) in [7, 11) is 0. The Balaban J connectivity index is 1.84. The molecule has 0 atom stereocenters. The first kappa shape index (κ1) is 21.4. The number of hydrogen-bond acceptors (Lipinski definition) is 7. The lowest BCUT2D eigenvalue weighted by Gasteiger charge is -2.32. The molecule has 3 rings (SSSR count). The van der Waals surface area contributed by atoms with Crippen LogP contribution in [0.2, 0.25) is 0 Å². The van der Waals surface area contributed by atoms with Gasteiger partial charge in [-0.15, -0.1) is 0 Å². The third kappa shape index (κ3) is 4.98. The van der Waals surface area contributed by atoms with Crippen molar-refractivity contribution in [3.05, 3.63) is 71.2 Å². The number of amides is 1. The van der Waals surface area contributed by atoms with E-state index in [0.717, 1.165) is 23.0 Å². The summed E-state index contributed by atoms with van der Waals surface area (Å²) < 4.78 is 8.55. The van der Waals surface area contributed by atoms with Crippen LogP contribution in [0.1, 0.15) is 43.4 Å². The molecule has 0 fully saturated rings. The van der Waals surface area contributed by atoms with E-state index in [2.05, 4.69) is 18.9 Å². The first-order valence-corrected chi connectivity index (χ1v) is 10.0. The van der Waals surface area contributed by atoms with Gasteiger partial charge < -0.3 is 9.94 Å². The maximum atomic E-state index is 11.7. The van der Waals surface area contributed by atoms with Crippen LogP contribution in [0.25, 0.3) is 0 Å². The Labute approximate surface area is 179 Å². The molecular formula is C21H23N5O3S. The highest BCUT2D eigenvalue weighted by Gasteiger charge is 2.29. The fourth-order valence-electron chi connectivity index (χ4n) is 2.84. The quantitative estimate of drug-likeness (QED) is 0.461. The molecule has 3 aromatic rings. The van der Waals surface area contributed by atoms with Crippen molar-refractivity contribution in [3.8, 4) is 0 Å². The number of aromatic nitrogens is 3. The molecule has 1 amide bonds. The summed E-state index contributed by atoms with van der Waals surface area (Å²) in [5.41, 5.74) is 2.81. The van der Waals surface area contributed by atoms with Crippen LogP contribution in [0.3, 0.4) is 0 Å². The van der Waals surface area contributed by atoms with Gasteiger partial charge in [-0.2, -0.15) is 8.75 Å². The van der Waals surface area contributed by atoms with E-state index in [1.54, 1.807) is 18.2 Å². The van der Waals surface area contributed by atoms with Crippen LogP contribution >= 0.6 is 11.7 Å². The molecule has 30 heavy (non-hydrogen) atoms. The molecule has 0 aliphatic carbocycles. The molecule has 0 spiro atoms. The minimum absolute atomic E-state index is 0.0817. The SMILES string of the molecule is Cc1nsnc1/C(=N\OCc1cccc(N(C(=O)O)C(C)(C)C)n1)c1ccccc1. The maximum Gasteiger partial charge on any atom is 0.413 e. The Morgan fingerprint density at radius 1 is 1.13 bits per heavy atom. The number of anilines is 1. The van der Waals surface area contributed by atoms with E-state index in [9.17, 15) is 9.90 Å². The zero-order valence-corrected chi connectivity index (χ0v) is 18.1. The van der Waals surface area contributed by atoms with Gasteiger partial charge in [-0.3, -0.25) is 4.90 Å².